The molecule has 1 aliphatic heterocycles. The molecular weight excluding hydrogens is 569 g/mol. The normalized spacial score (nSPS) is 13.8. The predicted octanol–water partition coefficient (Wildman–Crippen LogP) is 5.82. The van der Waals surface area contributed by atoms with Crippen molar-refractivity contribution in [3.8, 4) is 39.4 Å². The van der Waals surface area contributed by atoms with Crippen LogP contribution in [-0.4, -0.2) is 93.4 Å². The van der Waals surface area contributed by atoms with E-state index in [2.05, 4.69) is 51.3 Å². The average Bonchev–Trinajstić information content (AvgIpc) is 3.80. The fourth-order valence-corrected chi connectivity index (χ4v) is 5.90. The summed E-state index contributed by atoms with van der Waals surface area (Å²) in [5, 5.41) is 12.8. The van der Waals surface area contributed by atoms with Gasteiger partial charge < -0.3 is 19.9 Å². The van der Waals surface area contributed by atoms with Crippen LogP contribution >= 0.6 is 0 Å². The second-order valence-corrected chi connectivity index (χ2v) is 11.8. The van der Waals surface area contributed by atoms with Crippen LogP contribution in [0.3, 0.4) is 0 Å². The number of fused-ring (bicyclic) bond motifs is 2. The monoisotopic (exact) mass is 605 g/mol. The molecule has 6 heterocycles. The van der Waals surface area contributed by atoms with Gasteiger partial charge in [0.05, 0.1) is 23.6 Å². The van der Waals surface area contributed by atoms with Gasteiger partial charge in [-0.3, -0.25) is 20.0 Å². The number of hydrogen-bond donors (Lipinski definition) is 3. The average molecular weight is 606 g/mol. The van der Waals surface area contributed by atoms with E-state index in [4.69, 9.17) is 4.74 Å². The number of likely N-dealkylation sites (N-methyl/N-ethyl adjacent to an activating group) is 1. The van der Waals surface area contributed by atoms with Crippen molar-refractivity contribution in [3.63, 3.8) is 0 Å². The number of anilines is 1. The number of hydrogen-bond acceptors (Lipinski definition) is 8. The lowest BCUT2D eigenvalue weighted by atomic mass is 10.0. The van der Waals surface area contributed by atoms with Crippen LogP contribution in [0.2, 0.25) is 0 Å². The van der Waals surface area contributed by atoms with E-state index in [1.54, 1.807) is 24.7 Å². The van der Waals surface area contributed by atoms with Gasteiger partial charge in [-0.25, -0.2) is 9.37 Å². The largest absolute Gasteiger partial charge is 0.491 e. The first-order chi connectivity index (χ1) is 22.0. The molecular formula is C34H36FN9O. The van der Waals surface area contributed by atoms with E-state index in [0.29, 0.717) is 18.8 Å². The molecule has 1 aromatic carbocycles. The number of halogens is 1. The van der Waals surface area contributed by atoms with Crippen molar-refractivity contribution in [3.05, 3.63) is 73.2 Å². The van der Waals surface area contributed by atoms with Crippen LogP contribution < -0.4 is 10.1 Å². The number of aromatic amines is 2. The predicted molar refractivity (Wildman–Crippen MR) is 176 cm³/mol. The summed E-state index contributed by atoms with van der Waals surface area (Å²) in [5.41, 5.74) is 7.18. The lowest BCUT2D eigenvalue weighted by molar-refractivity contribution is 0.237. The summed E-state index contributed by atoms with van der Waals surface area (Å²) < 4.78 is 20.8. The highest BCUT2D eigenvalue weighted by Crippen LogP contribution is 2.35. The minimum Gasteiger partial charge on any atom is -0.491 e. The Kier molecular flexibility index (Phi) is 8.10. The Bertz CT molecular complexity index is 1940. The number of rotatable bonds is 11. The van der Waals surface area contributed by atoms with E-state index >= 15 is 0 Å². The summed E-state index contributed by atoms with van der Waals surface area (Å²) in [6.45, 7) is 5.40. The Labute approximate surface area is 260 Å². The number of aromatic nitrogens is 6. The maximum absolute atomic E-state index is 14.7. The SMILES string of the molecule is CN(C)CCNc1cc(F)cc(-c2cncc3[nH]c(-c4n[nH]c5ncc(-c6cncc(OCCN7CCCC7)c6)cc45)cc23)c1. The molecule has 0 atom stereocenters. The lowest BCUT2D eigenvalue weighted by Crippen LogP contribution is -2.25. The first-order valence-electron chi connectivity index (χ1n) is 15.3. The first-order valence-corrected chi connectivity index (χ1v) is 15.3. The molecule has 0 spiro atoms. The Morgan fingerprint density at radius 3 is 2.62 bits per heavy atom. The van der Waals surface area contributed by atoms with Crippen LogP contribution in [0.15, 0.2) is 67.4 Å². The van der Waals surface area contributed by atoms with Gasteiger partial charge in [0.15, 0.2) is 5.65 Å². The minimum absolute atomic E-state index is 0.305. The van der Waals surface area contributed by atoms with Crippen LogP contribution in [0.1, 0.15) is 12.8 Å². The molecule has 230 valence electrons. The number of benzene rings is 1. The molecule has 45 heavy (non-hydrogen) atoms. The van der Waals surface area contributed by atoms with Gasteiger partial charge in [0, 0.05) is 71.4 Å². The third kappa shape index (κ3) is 6.36. The molecule has 6 aromatic rings. The van der Waals surface area contributed by atoms with Crippen molar-refractivity contribution in [1.82, 2.24) is 39.9 Å². The highest BCUT2D eigenvalue weighted by atomic mass is 19.1. The van der Waals surface area contributed by atoms with Crippen LogP contribution in [0.5, 0.6) is 5.75 Å². The molecule has 1 fully saturated rings. The van der Waals surface area contributed by atoms with E-state index in [-0.39, 0.29) is 5.82 Å². The molecule has 5 aromatic heterocycles. The van der Waals surface area contributed by atoms with Gasteiger partial charge in [-0.2, -0.15) is 5.10 Å². The topological polar surface area (TPSA) is 111 Å². The van der Waals surface area contributed by atoms with Crippen molar-refractivity contribution in [1.29, 1.82) is 0 Å². The lowest BCUT2D eigenvalue weighted by Gasteiger charge is -2.15. The Hall–Kier alpha value is -4.87. The second kappa shape index (κ2) is 12.6. The maximum Gasteiger partial charge on any atom is 0.155 e. The third-order valence-corrected chi connectivity index (χ3v) is 8.24. The van der Waals surface area contributed by atoms with Gasteiger partial charge in [0.25, 0.3) is 0 Å². The zero-order valence-electron chi connectivity index (χ0n) is 25.5. The summed E-state index contributed by atoms with van der Waals surface area (Å²) in [7, 11) is 4.02. The zero-order chi connectivity index (χ0) is 30.8. The van der Waals surface area contributed by atoms with Crippen molar-refractivity contribution in [2.24, 2.45) is 0 Å². The number of H-pyrrole nitrogens is 2. The van der Waals surface area contributed by atoms with Gasteiger partial charge in [-0.15, -0.1) is 0 Å². The summed E-state index contributed by atoms with van der Waals surface area (Å²) in [5.74, 6) is 0.434. The number of pyridine rings is 3. The third-order valence-electron chi connectivity index (χ3n) is 8.24. The fraction of sp³-hybridized carbons (Fsp3) is 0.294. The molecule has 0 radical (unpaired) electrons. The number of nitrogens with one attached hydrogen (secondary N) is 3. The van der Waals surface area contributed by atoms with Gasteiger partial charge in [0.2, 0.25) is 0 Å². The van der Waals surface area contributed by atoms with E-state index in [1.165, 1.54) is 18.9 Å². The Morgan fingerprint density at radius 2 is 1.76 bits per heavy atom. The molecule has 3 N–H and O–H groups in total. The molecule has 0 aliphatic carbocycles. The fourth-order valence-electron chi connectivity index (χ4n) is 5.90. The maximum atomic E-state index is 14.7. The van der Waals surface area contributed by atoms with Gasteiger partial charge in [0.1, 0.15) is 23.9 Å². The molecule has 0 saturated carbocycles. The summed E-state index contributed by atoms with van der Waals surface area (Å²) in [4.78, 5) is 21.5. The van der Waals surface area contributed by atoms with Crippen molar-refractivity contribution in [2.75, 3.05) is 58.7 Å². The first kappa shape index (κ1) is 28.9. The van der Waals surface area contributed by atoms with E-state index < -0.39 is 0 Å². The Morgan fingerprint density at radius 1 is 0.911 bits per heavy atom. The van der Waals surface area contributed by atoms with E-state index in [1.807, 2.05) is 44.7 Å². The van der Waals surface area contributed by atoms with Gasteiger partial charge >= 0.3 is 0 Å². The standard InChI is InChI=1S/C34H36FN9O/c1-43(2)8-5-38-26-12-22(11-25(35)15-26)30-20-37-21-32-28(30)16-31(40-32)33-29-14-24(18-39-34(29)42-41-33)23-13-27(19-36-17-23)45-10-9-44-6-3-4-7-44/h11-21,38,40H,3-10H2,1-2H3,(H,39,41,42). The molecule has 0 unspecified atom stereocenters. The smallest absolute Gasteiger partial charge is 0.155 e. The highest BCUT2D eigenvalue weighted by molar-refractivity contribution is 6.00. The van der Waals surface area contributed by atoms with E-state index in [9.17, 15) is 4.39 Å². The number of likely N-dealkylation sites (tertiary alicyclic amines) is 1. The second-order valence-electron chi connectivity index (χ2n) is 11.8. The van der Waals surface area contributed by atoms with Crippen molar-refractivity contribution in [2.45, 2.75) is 12.8 Å². The van der Waals surface area contributed by atoms with Crippen LogP contribution in [-0.2, 0) is 0 Å². The molecule has 1 aliphatic rings. The highest BCUT2D eigenvalue weighted by Gasteiger charge is 2.17. The molecule has 0 amide bonds. The van der Waals surface area contributed by atoms with Crippen molar-refractivity contribution >= 4 is 27.6 Å². The van der Waals surface area contributed by atoms with Crippen LogP contribution in [0.4, 0.5) is 10.1 Å². The van der Waals surface area contributed by atoms with Gasteiger partial charge in [-0.05, 0) is 82.0 Å². The van der Waals surface area contributed by atoms with Crippen molar-refractivity contribution < 1.29 is 9.13 Å². The summed E-state index contributed by atoms with van der Waals surface area (Å²) in [6, 6.07) is 11.1. The molecule has 0 bridgehead atoms. The minimum atomic E-state index is -0.305. The van der Waals surface area contributed by atoms with Crippen LogP contribution in [0, 0.1) is 5.82 Å². The summed E-state index contributed by atoms with van der Waals surface area (Å²) in [6.07, 6.45) is 11.5. The number of nitrogens with zero attached hydrogens (tertiary/aromatic N) is 6. The zero-order valence-corrected chi connectivity index (χ0v) is 25.5. The van der Waals surface area contributed by atoms with Gasteiger partial charge in [-0.1, -0.05) is 0 Å². The van der Waals surface area contributed by atoms with E-state index in [0.717, 1.165) is 87.5 Å². The molecule has 1 saturated heterocycles. The van der Waals surface area contributed by atoms with Crippen LogP contribution in [0.25, 0.3) is 55.6 Å². The molecule has 10 nitrogen and oxygen atoms in total. The Balaban J connectivity index is 1.17. The number of ether oxygens (including phenoxy) is 1. The summed E-state index contributed by atoms with van der Waals surface area (Å²) >= 11 is 0. The quantitative estimate of drug-likeness (QED) is 0.170. The molecule has 11 heteroatoms. The molecule has 7 rings (SSSR count).